The highest BCUT2D eigenvalue weighted by molar-refractivity contribution is 7.79. The van der Waals surface area contributed by atoms with Crippen molar-refractivity contribution in [1.29, 1.82) is 0 Å². The van der Waals surface area contributed by atoms with Crippen LogP contribution in [0.2, 0.25) is 0 Å². The van der Waals surface area contributed by atoms with Crippen molar-refractivity contribution in [2.24, 2.45) is 0 Å². The first-order chi connectivity index (χ1) is 6.02. The normalized spacial score (nSPS) is 12.5. The highest BCUT2D eigenvalue weighted by atomic mass is 32.2. The van der Waals surface area contributed by atoms with Crippen LogP contribution >= 0.6 is 0 Å². The van der Waals surface area contributed by atoms with Gasteiger partial charge in [0.05, 0.1) is 4.92 Å². The van der Waals surface area contributed by atoms with E-state index in [0.717, 1.165) is 6.07 Å². The Morgan fingerprint density at radius 1 is 1.46 bits per heavy atom. The second-order valence-electron chi connectivity index (χ2n) is 2.44. The molecule has 1 atom stereocenters. The van der Waals surface area contributed by atoms with Gasteiger partial charge in [0.2, 0.25) is 0 Å². The van der Waals surface area contributed by atoms with Crippen molar-refractivity contribution in [3.05, 3.63) is 33.9 Å². The molecule has 13 heavy (non-hydrogen) atoms. The van der Waals surface area contributed by atoms with E-state index in [0.29, 0.717) is 5.56 Å². The van der Waals surface area contributed by atoms with E-state index in [-0.39, 0.29) is 10.6 Å². The Kier molecular flexibility index (Phi) is 2.74. The molecule has 0 aliphatic heterocycles. The van der Waals surface area contributed by atoms with Gasteiger partial charge in [-0.15, -0.1) is 0 Å². The molecule has 1 unspecified atom stereocenters. The molecule has 0 amide bonds. The first kappa shape index (κ1) is 9.82. The molecule has 1 aromatic rings. The second kappa shape index (κ2) is 3.63. The fourth-order valence-corrected chi connectivity index (χ4v) is 1.44. The van der Waals surface area contributed by atoms with Gasteiger partial charge < -0.3 is 4.55 Å². The SMILES string of the molecule is Cc1cc([N+](=O)[O-])ccc1S(=O)[O-]. The molecule has 0 radical (unpaired) electrons. The Labute approximate surface area is 76.8 Å². The highest BCUT2D eigenvalue weighted by Gasteiger charge is 2.07. The van der Waals surface area contributed by atoms with E-state index in [1.807, 2.05) is 0 Å². The number of aryl methyl sites for hydroxylation is 1. The maximum atomic E-state index is 10.5. The number of rotatable bonds is 2. The van der Waals surface area contributed by atoms with Gasteiger partial charge in [-0.2, -0.15) is 0 Å². The third kappa shape index (κ3) is 2.10. The van der Waals surface area contributed by atoms with Crippen molar-refractivity contribution in [1.82, 2.24) is 0 Å². The first-order valence-corrected chi connectivity index (χ1v) is 4.44. The fourth-order valence-electron chi connectivity index (χ4n) is 0.934. The molecule has 0 fully saturated rings. The summed E-state index contributed by atoms with van der Waals surface area (Å²) in [7, 11) is 0. The number of hydrogen-bond donors (Lipinski definition) is 0. The molecule has 0 saturated heterocycles. The first-order valence-electron chi connectivity index (χ1n) is 3.36. The van der Waals surface area contributed by atoms with E-state index in [2.05, 4.69) is 0 Å². The maximum Gasteiger partial charge on any atom is 0.269 e. The van der Waals surface area contributed by atoms with Crippen molar-refractivity contribution in [3.8, 4) is 0 Å². The number of nitro benzene ring substituents is 1. The van der Waals surface area contributed by atoms with Crippen LogP contribution in [0, 0.1) is 17.0 Å². The number of nitrogens with zero attached hydrogens (tertiary/aromatic N) is 1. The van der Waals surface area contributed by atoms with Gasteiger partial charge in [-0.05, 0) is 29.6 Å². The van der Waals surface area contributed by atoms with Gasteiger partial charge in [-0.3, -0.25) is 14.3 Å². The molecular weight excluding hydrogens is 194 g/mol. The monoisotopic (exact) mass is 200 g/mol. The van der Waals surface area contributed by atoms with Crippen LogP contribution in [0.25, 0.3) is 0 Å². The third-order valence-electron chi connectivity index (χ3n) is 1.55. The summed E-state index contributed by atoms with van der Waals surface area (Å²) in [6, 6.07) is 3.61. The van der Waals surface area contributed by atoms with Crippen molar-refractivity contribution in [3.63, 3.8) is 0 Å². The Morgan fingerprint density at radius 3 is 2.46 bits per heavy atom. The van der Waals surface area contributed by atoms with Gasteiger partial charge in [-0.1, -0.05) is 0 Å². The molecule has 0 aromatic heterocycles. The maximum absolute atomic E-state index is 10.5. The van der Waals surface area contributed by atoms with E-state index in [9.17, 15) is 18.9 Å². The van der Waals surface area contributed by atoms with Gasteiger partial charge >= 0.3 is 0 Å². The molecule has 1 aromatic carbocycles. The molecule has 0 heterocycles. The molecule has 6 heteroatoms. The average Bonchev–Trinajstić information content (AvgIpc) is 2.03. The molecule has 1 rings (SSSR count). The summed E-state index contributed by atoms with van der Waals surface area (Å²) in [4.78, 5) is 9.81. The van der Waals surface area contributed by atoms with Crippen LogP contribution in [0.15, 0.2) is 23.1 Å². The van der Waals surface area contributed by atoms with Crippen molar-refractivity contribution >= 4 is 16.8 Å². The van der Waals surface area contributed by atoms with Crippen molar-refractivity contribution < 1.29 is 13.7 Å². The number of benzene rings is 1. The number of nitro groups is 1. The molecule has 70 valence electrons. The Hall–Kier alpha value is -1.27. The topological polar surface area (TPSA) is 83.3 Å². The van der Waals surface area contributed by atoms with Gasteiger partial charge in [-0.25, -0.2) is 0 Å². The fraction of sp³-hybridized carbons (Fsp3) is 0.143. The largest absolute Gasteiger partial charge is 0.768 e. The molecule has 0 bridgehead atoms. The molecule has 0 N–H and O–H groups in total. The quantitative estimate of drug-likeness (QED) is 0.407. The molecular formula is C7H6NO4S-. The summed E-state index contributed by atoms with van der Waals surface area (Å²) < 4.78 is 21.1. The predicted molar refractivity (Wildman–Crippen MR) is 45.0 cm³/mol. The standard InChI is InChI=1S/C7H7NO4S/c1-5-4-6(8(9)10)2-3-7(5)13(11)12/h2-4H,1H3,(H,11,12)/p-1. The van der Waals surface area contributed by atoms with Crippen LogP contribution < -0.4 is 0 Å². The predicted octanol–water partition coefficient (Wildman–Crippen LogP) is 1.14. The summed E-state index contributed by atoms with van der Waals surface area (Å²) in [5, 5.41) is 10.3. The van der Waals surface area contributed by atoms with Crippen molar-refractivity contribution in [2.45, 2.75) is 11.8 Å². The summed E-state index contributed by atoms with van der Waals surface area (Å²) in [5.41, 5.74) is 0.272. The zero-order valence-electron chi connectivity index (χ0n) is 6.72. The van der Waals surface area contributed by atoms with Crippen LogP contribution in [-0.2, 0) is 11.1 Å². The summed E-state index contributed by atoms with van der Waals surface area (Å²) >= 11 is -2.33. The molecule has 0 aliphatic carbocycles. The van der Waals surface area contributed by atoms with Gasteiger partial charge in [0.15, 0.2) is 0 Å². The molecule has 0 spiro atoms. The van der Waals surface area contributed by atoms with E-state index >= 15 is 0 Å². The van der Waals surface area contributed by atoms with E-state index in [4.69, 9.17) is 0 Å². The lowest BCUT2D eigenvalue weighted by Crippen LogP contribution is -1.95. The molecule has 0 saturated carbocycles. The van der Waals surface area contributed by atoms with Crippen LogP contribution in [0.4, 0.5) is 5.69 Å². The lowest BCUT2D eigenvalue weighted by atomic mass is 10.2. The van der Waals surface area contributed by atoms with Gasteiger partial charge in [0.25, 0.3) is 5.69 Å². The highest BCUT2D eigenvalue weighted by Crippen LogP contribution is 2.18. The Morgan fingerprint density at radius 2 is 2.08 bits per heavy atom. The van der Waals surface area contributed by atoms with Crippen LogP contribution in [0.3, 0.4) is 0 Å². The lowest BCUT2D eigenvalue weighted by molar-refractivity contribution is -0.385. The third-order valence-corrected chi connectivity index (χ3v) is 2.37. The lowest BCUT2D eigenvalue weighted by Gasteiger charge is -2.07. The van der Waals surface area contributed by atoms with E-state index in [1.54, 1.807) is 0 Å². The van der Waals surface area contributed by atoms with Crippen molar-refractivity contribution in [2.75, 3.05) is 0 Å². The smallest absolute Gasteiger partial charge is 0.269 e. The van der Waals surface area contributed by atoms with E-state index < -0.39 is 16.0 Å². The minimum absolute atomic E-state index is 0.0885. The van der Waals surface area contributed by atoms with Gasteiger partial charge in [0.1, 0.15) is 0 Å². The van der Waals surface area contributed by atoms with Crippen LogP contribution in [0.1, 0.15) is 5.56 Å². The minimum Gasteiger partial charge on any atom is -0.768 e. The Balaban J connectivity index is 3.20. The molecule has 0 aliphatic rings. The number of hydrogen-bond acceptors (Lipinski definition) is 4. The summed E-state index contributed by atoms with van der Waals surface area (Å²) in [5.74, 6) is 0. The second-order valence-corrected chi connectivity index (χ2v) is 3.35. The van der Waals surface area contributed by atoms with Gasteiger partial charge in [0, 0.05) is 17.0 Å². The zero-order valence-corrected chi connectivity index (χ0v) is 7.54. The van der Waals surface area contributed by atoms with Crippen LogP contribution in [0.5, 0.6) is 0 Å². The Bertz CT molecular complexity index is 377. The summed E-state index contributed by atoms with van der Waals surface area (Å²) in [6.07, 6.45) is 0. The molecule has 5 nitrogen and oxygen atoms in total. The number of non-ortho nitro benzene ring substituents is 1. The summed E-state index contributed by atoms with van der Waals surface area (Å²) in [6.45, 7) is 1.51. The average molecular weight is 200 g/mol. The zero-order chi connectivity index (χ0) is 10.0. The minimum atomic E-state index is -2.33. The van der Waals surface area contributed by atoms with E-state index in [1.165, 1.54) is 19.1 Å². The van der Waals surface area contributed by atoms with Crippen LogP contribution in [-0.4, -0.2) is 13.7 Å².